The Hall–Kier alpha value is -6.22. The van der Waals surface area contributed by atoms with Crippen molar-refractivity contribution in [1.82, 2.24) is 0 Å². The predicted octanol–water partition coefficient (Wildman–Crippen LogP) is 15.7. The third kappa shape index (κ3) is 20.5. The minimum Gasteiger partial charge on any atom is -0.494 e. The highest BCUT2D eigenvalue weighted by atomic mass is 16.5. The third-order valence-electron chi connectivity index (χ3n) is 11.5. The molecule has 0 saturated heterocycles. The quantitative estimate of drug-likeness (QED) is 0.0182. The normalized spacial score (nSPS) is 11.1. The molecule has 0 radical (unpaired) electrons. The molecule has 0 heterocycles. The highest BCUT2D eigenvalue weighted by Crippen LogP contribution is 2.24. The number of carbonyl (C=O) groups is 3. The maximum Gasteiger partial charge on any atom is 0.343 e. The molecular formula is C58H71NO8. The Morgan fingerprint density at radius 3 is 1.15 bits per heavy atom. The molecule has 0 bridgehead atoms. The van der Waals surface area contributed by atoms with Gasteiger partial charge in [-0.2, -0.15) is 0 Å². The Bertz CT molecular complexity index is 2200. The number of nitrogens with zero attached hydrogens (tertiary/aromatic N) is 1. The second kappa shape index (κ2) is 30.9. The molecule has 0 spiro atoms. The number of unbranched alkanes of at least 4 members (excludes halogenated alkanes) is 18. The van der Waals surface area contributed by atoms with Gasteiger partial charge in [-0.25, -0.2) is 14.4 Å². The average Bonchev–Trinajstić information content (AvgIpc) is 3.35. The summed E-state index contributed by atoms with van der Waals surface area (Å²) in [5.41, 5.74) is 2.60. The highest BCUT2D eigenvalue weighted by Gasteiger charge is 2.14. The van der Waals surface area contributed by atoms with E-state index in [9.17, 15) is 14.4 Å². The van der Waals surface area contributed by atoms with E-state index in [4.69, 9.17) is 23.7 Å². The molecule has 9 nitrogen and oxygen atoms in total. The van der Waals surface area contributed by atoms with Crippen molar-refractivity contribution in [3.63, 3.8) is 0 Å². The fourth-order valence-corrected chi connectivity index (χ4v) is 7.49. The molecule has 356 valence electrons. The molecule has 0 amide bonds. The van der Waals surface area contributed by atoms with Crippen LogP contribution in [0.1, 0.15) is 179 Å². The van der Waals surface area contributed by atoms with E-state index < -0.39 is 17.9 Å². The molecular weight excluding hydrogens is 839 g/mol. The monoisotopic (exact) mass is 910 g/mol. The first kappa shape index (κ1) is 51.8. The van der Waals surface area contributed by atoms with Gasteiger partial charge in [-0.1, -0.05) is 148 Å². The van der Waals surface area contributed by atoms with E-state index >= 15 is 0 Å². The van der Waals surface area contributed by atoms with Crippen molar-refractivity contribution in [2.45, 2.75) is 142 Å². The Morgan fingerprint density at radius 2 is 0.731 bits per heavy atom. The van der Waals surface area contributed by atoms with Crippen LogP contribution in [0.25, 0.3) is 0 Å². The highest BCUT2D eigenvalue weighted by molar-refractivity contribution is 5.94. The van der Waals surface area contributed by atoms with Crippen LogP contribution in [0.15, 0.2) is 126 Å². The van der Waals surface area contributed by atoms with E-state index in [1.165, 1.54) is 139 Å². The second-order valence-corrected chi connectivity index (χ2v) is 17.1. The maximum atomic E-state index is 13.0. The smallest absolute Gasteiger partial charge is 0.343 e. The van der Waals surface area contributed by atoms with Crippen LogP contribution in [0.4, 0.5) is 5.69 Å². The lowest BCUT2D eigenvalue weighted by atomic mass is 10.1. The zero-order valence-electron chi connectivity index (χ0n) is 39.9. The molecule has 67 heavy (non-hydrogen) atoms. The molecule has 5 rings (SSSR count). The molecule has 0 atom stereocenters. The lowest BCUT2D eigenvalue weighted by Crippen LogP contribution is -2.11. The van der Waals surface area contributed by atoms with E-state index in [0.29, 0.717) is 23.5 Å². The van der Waals surface area contributed by atoms with Gasteiger partial charge in [0.1, 0.15) is 28.7 Å². The lowest BCUT2D eigenvalue weighted by molar-refractivity contribution is 0.0723. The Balaban J connectivity index is 0.969. The molecule has 0 unspecified atom stereocenters. The largest absolute Gasteiger partial charge is 0.494 e. The first-order valence-corrected chi connectivity index (χ1v) is 24.9. The van der Waals surface area contributed by atoms with Crippen molar-refractivity contribution < 1.29 is 38.1 Å². The summed E-state index contributed by atoms with van der Waals surface area (Å²) < 4.78 is 28.5. The third-order valence-corrected chi connectivity index (χ3v) is 11.5. The van der Waals surface area contributed by atoms with Crippen molar-refractivity contribution in [2.75, 3.05) is 13.2 Å². The van der Waals surface area contributed by atoms with E-state index in [-0.39, 0.29) is 22.8 Å². The van der Waals surface area contributed by atoms with Gasteiger partial charge in [-0.05, 0) is 115 Å². The minimum atomic E-state index is -0.629. The van der Waals surface area contributed by atoms with Crippen molar-refractivity contribution in [2.24, 2.45) is 4.99 Å². The van der Waals surface area contributed by atoms with Crippen molar-refractivity contribution in [3.8, 4) is 28.7 Å². The Kier molecular flexibility index (Phi) is 23.9. The molecule has 0 aromatic heterocycles. The molecule has 0 N–H and O–H groups in total. The van der Waals surface area contributed by atoms with Crippen LogP contribution in [-0.2, 0) is 0 Å². The maximum absolute atomic E-state index is 13.0. The summed E-state index contributed by atoms with van der Waals surface area (Å²) in [4.78, 5) is 43.3. The molecule has 0 aliphatic carbocycles. The summed E-state index contributed by atoms with van der Waals surface area (Å²) in [5, 5.41) is 0. The van der Waals surface area contributed by atoms with Gasteiger partial charge in [0.2, 0.25) is 0 Å². The predicted molar refractivity (Wildman–Crippen MR) is 269 cm³/mol. The summed E-state index contributed by atoms with van der Waals surface area (Å²) in [6, 6.07) is 33.9. The van der Waals surface area contributed by atoms with Crippen LogP contribution < -0.4 is 23.7 Å². The van der Waals surface area contributed by atoms with Crippen LogP contribution in [-0.4, -0.2) is 37.3 Å². The second-order valence-electron chi connectivity index (χ2n) is 17.1. The number of aliphatic imine (C=N–C) groups is 1. The number of esters is 3. The van der Waals surface area contributed by atoms with Crippen molar-refractivity contribution in [3.05, 3.63) is 144 Å². The number of carbonyl (C=O) groups excluding carboxylic acids is 3. The molecule has 0 saturated carbocycles. The number of rotatable bonds is 32. The van der Waals surface area contributed by atoms with Gasteiger partial charge in [0.15, 0.2) is 0 Å². The number of ether oxygens (including phenoxy) is 5. The van der Waals surface area contributed by atoms with Crippen LogP contribution >= 0.6 is 0 Å². The van der Waals surface area contributed by atoms with Crippen LogP contribution in [0.5, 0.6) is 28.7 Å². The van der Waals surface area contributed by atoms with Gasteiger partial charge in [0.25, 0.3) is 0 Å². The topological polar surface area (TPSA) is 110 Å². The fourth-order valence-electron chi connectivity index (χ4n) is 7.49. The first-order chi connectivity index (χ1) is 32.9. The van der Waals surface area contributed by atoms with E-state index in [2.05, 4.69) is 18.8 Å². The summed E-state index contributed by atoms with van der Waals surface area (Å²) in [7, 11) is 0. The SMILES string of the molecule is CCCCCCCCCCCCCCOc1ccc(N=Cc2ccc(C(=O)Oc3cccc(OC(=O)c4ccc(OC(=O)c5ccc(OCCCCCCCCCC)cc5)cc4)c3)cc2)cc1. The summed E-state index contributed by atoms with van der Waals surface area (Å²) in [6.45, 7) is 5.86. The molecule has 9 heteroatoms. The lowest BCUT2D eigenvalue weighted by Gasteiger charge is -2.09. The average molecular weight is 910 g/mol. The van der Waals surface area contributed by atoms with Crippen LogP contribution in [0, 0.1) is 0 Å². The first-order valence-electron chi connectivity index (χ1n) is 24.9. The van der Waals surface area contributed by atoms with Gasteiger partial charge < -0.3 is 23.7 Å². The Morgan fingerprint density at radius 1 is 0.388 bits per heavy atom. The van der Waals surface area contributed by atoms with E-state index in [0.717, 1.165) is 42.9 Å². The molecule has 5 aromatic rings. The van der Waals surface area contributed by atoms with Gasteiger partial charge in [0, 0.05) is 12.3 Å². The van der Waals surface area contributed by atoms with Gasteiger partial charge in [0.05, 0.1) is 35.6 Å². The molecule has 0 aliphatic heterocycles. The molecule has 5 aromatic carbocycles. The zero-order valence-corrected chi connectivity index (χ0v) is 39.9. The number of hydrogen-bond acceptors (Lipinski definition) is 9. The number of benzene rings is 5. The van der Waals surface area contributed by atoms with E-state index in [1.807, 2.05) is 24.3 Å². The van der Waals surface area contributed by atoms with Gasteiger partial charge >= 0.3 is 17.9 Å². The van der Waals surface area contributed by atoms with Crippen LogP contribution in [0.3, 0.4) is 0 Å². The molecule has 0 fully saturated rings. The zero-order chi connectivity index (χ0) is 47.2. The summed E-state index contributed by atoms with van der Waals surface area (Å²) >= 11 is 0. The standard InChI is InChI=1S/C58H71NO8/c1-3-5-7-9-11-13-14-15-16-18-20-22-43-64-52-40-34-50(35-41-52)59-45-46-26-28-47(29-27-46)57(61)66-54-24-23-25-55(44-54)67-58(62)49-32-38-53(39-33-49)65-56(60)48-30-36-51(37-31-48)63-42-21-19-17-12-10-8-6-4-2/h23-41,44-45H,3-22,42-43H2,1-2H3. The van der Waals surface area contributed by atoms with Crippen molar-refractivity contribution in [1.29, 1.82) is 0 Å². The summed E-state index contributed by atoms with van der Waals surface area (Å²) in [5.74, 6) is 0.527. The summed E-state index contributed by atoms with van der Waals surface area (Å²) in [6.07, 6.45) is 27.5. The Labute approximate surface area is 399 Å². The van der Waals surface area contributed by atoms with Crippen LogP contribution in [0.2, 0.25) is 0 Å². The van der Waals surface area contributed by atoms with E-state index in [1.54, 1.807) is 72.9 Å². The van der Waals surface area contributed by atoms with Gasteiger partial charge in [-0.3, -0.25) is 4.99 Å². The van der Waals surface area contributed by atoms with Crippen molar-refractivity contribution >= 4 is 29.8 Å². The number of hydrogen-bond donors (Lipinski definition) is 0. The minimum absolute atomic E-state index is 0.196. The molecule has 0 aliphatic rings. The fraction of sp³-hybridized carbons (Fsp3) is 0.414. The van der Waals surface area contributed by atoms with Gasteiger partial charge in [-0.15, -0.1) is 0 Å².